The average molecular weight is 386 g/mol. The fourth-order valence-corrected chi connectivity index (χ4v) is 2.60. The Morgan fingerprint density at radius 3 is 2.81 bits per heavy atom. The van der Waals surface area contributed by atoms with Crippen molar-refractivity contribution in [2.45, 2.75) is 33.4 Å². The predicted molar refractivity (Wildman–Crippen MR) is 103 cm³/mol. The van der Waals surface area contributed by atoms with Gasteiger partial charge in [0.1, 0.15) is 5.75 Å². The number of rotatable bonds is 6. The van der Waals surface area contributed by atoms with Crippen LogP contribution in [0.15, 0.2) is 47.0 Å². The van der Waals surface area contributed by atoms with Crippen LogP contribution in [0.2, 0.25) is 5.02 Å². The normalized spacial score (nSPS) is 11.9. The van der Waals surface area contributed by atoms with Crippen LogP contribution in [-0.2, 0) is 11.3 Å². The van der Waals surface area contributed by atoms with Crippen LogP contribution in [0.25, 0.3) is 11.4 Å². The van der Waals surface area contributed by atoms with E-state index in [0.717, 1.165) is 16.7 Å². The number of halogens is 1. The Labute approximate surface area is 162 Å². The van der Waals surface area contributed by atoms with Crippen molar-refractivity contribution < 1.29 is 14.1 Å². The average Bonchev–Trinajstić information content (AvgIpc) is 3.12. The number of hydrogen-bond acceptors (Lipinski definition) is 5. The summed E-state index contributed by atoms with van der Waals surface area (Å²) < 4.78 is 10.9. The van der Waals surface area contributed by atoms with E-state index in [4.69, 9.17) is 20.9 Å². The lowest BCUT2D eigenvalue weighted by Gasteiger charge is -2.14. The highest BCUT2D eigenvalue weighted by Gasteiger charge is 2.16. The van der Waals surface area contributed by atoms with Gasteiger partial charge in [0.05, 0.1) is 6.54 Å². The molecule has 0 saturated carbocycles. The van der Waals surface area contributed by atoms with Crippen molar-refractivity contribution in [3.63, 3.8) is 0 Å². The third kappa shape index (κ3) is 4.86. The third-order valence-electron chi connectivity index (χ3n) is 3.97. The summed E-state index contributed by atoms with van der Waals surface area (Å²) in [6, 6.07) is 13.1. The topological polar surface area (TPSA) is 77.2 Å². The molecule has 0 aliphatic heterocycles. The second-order valence-corrected chi connectivity index (χ2v) is 6.68. The van der Waals surface area contributed by atoms with Crippen molar-refractivity contribution in [2.24, 2.45) is 0 Å². The second-order valence-electron chi connectivity index (χ2n) is 6.27. The Morgan fingerprint density at radius 1 is 1.26 bits per heavy atom. The molecule has 1 atom stereocenters. The number of amides is 1. The number of nitrogens with one attached hydrogen (secondary N) is 1. The van der Waals surface area contributed by atoms with Crippen molar-refractivity contribution in [3.8, 4) is 17.1 Å². The highest BCUT2D eigenvalue weighted by Crippen LogP contribution is 2.22. The number of nitrogens with zero attached hydrogens (tertiary/aromatic N) is 2. The van der Waals surface area contributed by atoms with Crippen LogP contribution < -0.4 is 10.1 Å². The van der Waals surface area contributed by atoms with E-state index < -0.39 is 6.10 Å². The van der Waals surface area contributed by atoms with Crippen LogP contribution in [0.3, 0.4) is 0 Å². The van der Waals surface area contributed by atoms with E-state index in [-0.39, 0.29) is 12.5 Å². The lowest BCUT2D eigenvalue weighted by atomic mass is 10.1. The molecular formula is C20H20ClN3O3. The molecule has 1 N–H and O–H groups in total. The maximum atomic E-state index is 12.2. The van der Waals surface area contributed by atoms with Gasteiger partial charge in [0.25, 0.3) is 5.91 Å². The minimum absolute atomic E-state index is 0.130. The number of hydrogen-bond donors (Lipinski definition) is 1. The molecule has 140 valence electrons. The lowest BCUT2D eigenvalue weighted by Crippen LogP contribution is -2.36. The van der Waals surface area contributed by atoms with E-state index in [0.29, 0.717) is 22.5 Å². The smallest absolute Gasteiger partial charge is 0.261 e. The molecule has 27 heavy (non-hydrogen) atoms. The molecule has 6 nitrogen and oxygen atoms in total. The highest BCUT2D eigenvalue weighted by atomic mass is 35.5. The molecule has 1 aromatic heterocycles. The van der Waals surface area contributed by atoms with Crippen LogP contribution in [0.1, 0.15) is 23.9 Å². The molecule has 3 aromatic rings. The van der Waals surface area contributed by atoms with E-state index in [1.165, 1.54) is 0 Å². The largest absolute Gasteiger partial charge is 0.481 e. The number of ether oxygens (including phenoxy) is 1. The fraction of sp³-hybridized carbons (Fsp3) is 0.250. The van der Waals surface area contributed by atoms with Crippen LogP contribution in [0.5, 0.6) is 5.75 Å². The summed E-state index contributed by atoms with van der Waals surface area (Å²) in [4.78, 5) is 16.6. The maximum absolute atomic E-state index is 12.2. The van der Waals surface area contributed by atoms with Crippen molar-refractivity contribution in [3.05, 3.63) is 64.5 Å². The molecule has 0 unspecified atom stereocenters. The van der Waals surface area contributed by atoms with Gasteiger partial charge in [-0.25, -0.2) is 0 Å². The summed E-state index contributed by atoms with van der Waals surface area (Å²) in [5, 5.41) is 7.34. The fourth-order valence-electron chi connectivity index (χ4n) is 2.48. The summed E-state index contributed by atoms with van der Waals surface area (Å²) in [5.41, 5.74) is 2.86. The Bertz CT molecular complexity index is 955. The van der Waals surface area contributed by atoms with Gasteiger partial charge < -0.3 is 14.6 Å². The molecule has 0 aliphatic rings. The minimum Gasteiger partial charge on any atom is -0.481 e. The molecule has 7 heteroatoms. The van der Waals surface area contributed by atoms with Crippen LogP contribution in [0.4, 0.5) is 0 Å². The first kappa shape index (κ1) is 18.9. The molecule has 3 rings (SSSR count). The Morgan fingerprint density at radius 2 is 2.07 bits per heavy atom. The maximum Gasteiger partial charge on any atom is 0.261 e. The minimum atomic E-state index is -0.676. The van der Waals surface area contributed by atoms with E-state index in [1.807, 2.05) is 38.1 Å². The summed E-state index contributed by atoms with van der Waals surface area (Å²) >= 11 is 5.99. The summed E-state index contributed by atoms with van der Waals surface area (Å²) in [5.74, 6) is 1.12. The Hall–Kier alpha value is -2.86. The zero-order valence-corrected chi connectivity index (χ0v) is 16.1. The molecule has 2 aromatic carbocycles. The molecule has 0 aliphatic carbocycles. The van der Waals surface area contributed by atoms with E-state index >= 15 is 0 Å². The zero-order chi connectivity index (χ0) is 19.4. The summed E-state index contributed by atoms with van der Waals surface area (Å²) in [7, 11) is 0. The van der Waals surface area contributed by atoms with Gasteiger partial charge in [0.15, 0.2) is 6.10 Å². The first-order valence-electron chi connectivity index (χ1n) is 8.52. The zero-order valence-electron chi connectivity index (χ0n) is 15.3. The second kappa shape index (κ2) is 8.22. The number of carbonyl (C=O) groups is 1. The molecule has 0 radical (unpaired) electrons. The molecule has 1 amide bonds. The van der Waals surface area contributed by atoms with Crippen molar-refractivity contribution in [1.29, 1.82) is 0 Å². The van der Waals surface area contributed by atoms with Gasteiger partial charge in [-0.05, 0) is 50.6 Å². The lowest BCUT2D eigenvalue weighted by molar-refractivity contribution is -0.127. The van der Waals surface area contributed by atoms with Crippen molar-refractivity contribution in [2.75, 3.05) is 0 Å². The third-order valence-corrected chi connectivity index (χ3v) is 4.39. The molecule has 0 fully saturated rings. The number of benzene rings is 2. The standard InChI is InChI=1S/C20H20ClN3O3/c1-12-5-4-6-15(9-12)19-23-18(27-24-19)11-22-20(25)14(3)26-16-7-8-17(21)13(2)10-16/h4-10,14H,11H2,1-3H3,(H,22,25)/t14-/m0/s1. The summed E-state index contributed by atoms with van der Waals surface area (Å²) in [6.45, 7) is 5.67. The van der Waals surface area contributed by atoms with Crippen LogP contribution in [-0.4, -0.2) is 22.2 Å². The van der Waals surface area contributed by atoms with Gasteiger partial charge in [-0.15, -0.1) is 0 Å². The quantitative estimate of drug-likeness (QED) is 0.691. The highest BCUT2D eigenvalue weighted by molar-refractivity contribution is 6.31. The Kier molecular flexibility index (Phi) is 5.76. The molecule has 0 spiro atoms. The van der Waals surface area contributed by atoms with Crippen molar-refractivity contribution >= 4 is 17.5 Å². The van der Waals surface area contributed by atoms with E-state index in [9.17, 15) is 4.79 Å². The SMILES string of the molecule is Cc1cccc(-c2noc(CNC(=O)[C@H](C)Oc3ccc(Cl)c(C)c3)n2)c1. The molecule has 1 heterocycles. The van der Waals surface area contributed by atoms with Gasteiger partial charge in [0, 0.05) is 10.6 Å². The first-order valence-corrected chi connectivity index (χ1v) is 8.90. The molecular weight excluding hydrogens is 366 g/mol. The van der Waals surface area contributed by atoms with Gasteiger partial charge in [-0.1, -0.05) is 40.5 Å². The number of carbonyl (C=O) groups excluding carboxylic acids is 1. The van der Waals surface area contributed by atoms with E-state index in [1.54, 1.807) is 25.1 Å². The van der Waals surface area contributed by atoms with Gasteiger partial charge in [-0.2, -0.15) is 4.98 Å². The first-order chi connectivity index (χ1) is 12.9. The van der Waals surface area contributed by atoms with Gasteiger partial charge in [-0.3, -0.25) is 4.79 Å². The molecule has 0 bridgehead atoms. The molecule has 0 saturated heterocycles. The monoisotopic (exact) mass is 385 g/mol. The number of aryl methyl sites for hydroxylation is 2. The van der Waals surface area contributed by atoms with Crippen LogP contribution >= 0.6 is 11.6 Å². The Balaban J connectivity index is 1.56. The van der Waals surface area contributed by atoms with E-state index in [2.05, 4.69) is 15.5 Å². The van der Waals surface area contributed by atoms with Gasteiger partial charge in [0.2, 0.25) is 11.7 Å². The van der Waals surface area contributed by atoms with Gasteiger partial charge >= 0.3 is 0 Å². The summed E-state index contributed by atoms with van der Waals surface area (Å²) in [6.07, 6.45) is -0.676. The predicted octanol–water partition coefficient (Wildman–Crippen LogP) is 4.09. The van der Waals surface area contributed by atoms with Crippen LogP contribution in [0, 0.1) is 13.8 Å². The number of aromatic nitrogens is 2. The van der Waals surface area contributed by atoms with Crippen molar-refractivity contribution in [1.82, 2.24) is 15.5 Å².